The Kier molecular flexibility index (Phi) is 6.28. The first kappa shape index (κ1) is 21.9. The Balaban J connectivity index is 1.25. The van der Waals surface area contributed by atoms with Crippen molar-refractivity contribution in [2.75, 3.05) is 11.9 Å². The third-order valence-corrected chi connectivity index (χ3v) is 6.89. The predicted molar refractivity (Wildman–Crippen MR) is 121 cm³/mol. The van der Waals surface area contributed by atoms with Crippen LogP contribution in [0.4, 0.5) is 5.69 Å². The molecule has 4 atom stereocenters. The van der Waals surface area contributed by atoms with Gasteiger partial charge >= 0.3 is 0 Å². The van der Waals surface area contributed by atoms with E-state index in [1.54, 1.807) is 12.4 Å². The first-order chi connectivity index (χ1) is 16.1. The Labute approximate surface area is 192 Å². The summed E-state index contributed by atoms with van der Waals surface area (Å²) < 4.78 is 12.1. The molecule has 2 aromatic rings. The molecule has 3 aliphatic rings. The van der Waals surface area contributed by atoms with E-state index in [0.717, 1.165) is 41.8 Å². The van der Waals surface area contributed by atoms with Crippen LogP contribution >= 0.6 is 0 Å². The van der Waals surface area contributed by atoms with Crippen LogP contribution < -0.4 is 15.4 Å². The van der Waals surface area contributed by atoms with Gasteiger partial charge in [-0.25, -0.2) is 0 Å². The van der Waals surface area contributed by atoms with Gasteiger partial charge < -0.3 is 25.2 Å². The van der Waals surface area contributed by atoms with Crippen LogP contribution in [0, 0.1) is 5.92 Å². The Morgan fingerprint density at radius 3 is 2.70 bits per heavy atom. The van der Waals surface area contributed by atoms with E-state index in [-0.39, 0.29) is 48.9 Å². The summed E-state index contributed by atoms with van der Waals surface area (Å²) in [5.74, 6) is 0.813. The summed E-state index contributed by atoms with van der Waals surface area (Å²) in [5, 5.41) is 15.9. The minimum Gasteiger partial charge on any atom is -0.487 e. The average Bonchev–Trinajstić information content (AvgIpc) is 3.14. The quantitative estimate of drug-likeness (QED) is 0.597. The lowest BCUT2D eigenvalue weighted by atomic mass is 9.83. The number of hydrogen-bond donors (Lipinski definition) is 3. The van der Waals surface area contributed by atoms with Gasteiger partial charge in [-0.1, -0.05) is 6.42 Å². The van der Waals surface area contributed by atoms with Crippen molar-refractivity contribution >= 4 is 17.5 Å². The lowest BCUT2D eigenvalue weighted by molar-refractivity contribution is -0.142. The maximum Gasteiger partial charge on any atom is 0.227 e. The van der Waals surface area contributed by atoms with Gasteiger partial charge in [-0.05, 0) is 55.2 Å². The minimum atomic E-state index is -0.512. The molecule has 2 aliphatic heterocycles. The van der Waals surface area contributed by atoms with Gasteiger partial charge in [-0.2, -0.15) is 0 Å². The minimum absolute atomic E-state index is 0.00977. The maximum absolute atomic E-state index is 12.5. The number of rotatable bonds is 7. The normalized spacial score (nSPS) is 25.8. The van der Waals surface area contributed by atoms with Crippen molar-refractivity contribution in [3.8, 4) is 5.75 Å². The van der Waals surface area contributed by atoms with Gasteiger partial charge in [0, 0.05) is 42.0 Å². The second kappa shape index (κ2) is 9.49. The highest BCUT2D eigenvalue weighted by Crippen LogP contribution is 2.47. The molecule has 1 saturated carbocycles. The molecule has 1 aliphatic carbocycles. The van der Waals surface area contributed by atoms with E-state index in [1.165, 1.54) is 0 Å². The third kappa shape index (κ3) is 4.72. The molecule has 8 heteroatoms. The molecule has 174 valence electrons. The fourth-order valence-electron chi connectivity index (χ4n) is 4.86. The Morgan fingerprint density at radius 1 is 1.15 bits per heavy atom. The highest BCUT2D eigenvalue weighted by atomic mass is 16.6. The molecule has 1 saturated heterocycles. The number of benzene rings is 1. The van der Waals surface area contributed by atoms with E-state index in [4.69, 9.17) is 9.47 Å². The monoisotopic (exact) mass is 451 g/mol. The smallest absolute Gasteiger partial charge is 0.227 e. The summed E-state index contributed by atoms with van der Waals surface area (Å²) >= 11 is 0. The van der Waals surface area contributed by atoms with E-state index in [1.807, 2.05) is 30.3 Å². The SMILES string of the molecule is O=C(C[C@@H]1C[C@H]2c3cc(NC(=O)C4CCC4)ccc3O[C@H]2[C@@H](CO)O1)NCc1ccncc1. The molecule has 0 radical (unpaired) electrons. The molecule has 5 rings (SSSR count). The summed E-state index contributed by atoms with van der Waals surface area (Å²) in [7, 11) is 0. The van der Waals surface area contributed by atoms with Crippen molar-refractivity contribution in [3.05, 3.63) is 53.9 Å². The summed E-state index contributed by atoms with van der Waals surface area (Å²) in [6, 6.07) is 9.41. The maximum atomic E-state index is 12.5. The van der Waals surface area contributed by atoms with Crippen LogP contribution in [-0.2, 0) is 20.9 Å². The van der Waals surface area contributed by atoms with E-state index in [0.29, 0.717) is 13.0 Å². The zero-order chi connectivity index (χ0) is 22.8. The molecule has 3 N–H and O–H groups in total. The van der Waals surface area contributed by atoms with E-state index >= 15 is 0 Å². The molecular weight excluding hydrogens is 422 g/mol. The summed E-state index contributed by atoms with van der Waals surface area (Å²) in [4.78, 5) is 28.9. The highest BCUT2D eigenvalue weighted by molar-refractivity contribution is 5.93. The van der Waals surface area contributed by atoms with Gasteiger partial charge in [-0.3, -0.25) is 14.6 Å². The number of amides is 2. The van der Waals surface area contributed by atoms with Crippen molar-refractivity contribution in [1.82, 2.24) is 10.3 Å². The van der Waals surface area contributed by atoms with Gasteiger partial charge in [0.2, 0.25) is 11.8 Å². The molecule has 0 spiro atoms. The average molecular weight is 452 g/mol. The third-order valence-electron chi connectivity index (χ3n) is 6.89. The standard InChI is InChI=1S/C25H29N3O5/c29-14-22-24-20(11-18(32-22)12-23(30)27-13-15-6-8-26-9-7-15)19-10-17(4-5-21(19)33-24)28-25(31)16-2-1-3-16/h4-10,16,18,20,22,24,29H,1-3,11-14H2,(H,27,30)(H,28,31)/t18-,20-,22+,24+/m0/s1. The van der Waals surface area contributed by atoms with Gasteiger partial charge in [0.1, 0.15) is 18.0 Å². The fourth-order valence-corrected chi connectivity index (χ4v) is 4.86. The summed E-state index contributed by atoms with van der Waals surface area (Å²) in [6.45, 7) is 0.245. The van der Waals surface area contributed by atoms with E-state index in [9.17, 15) is 14.7 Å². The van der Waals surface area contributed by atoms with Gasteiger partial charge in [0.15, 0.2) is 0 Å². The lowest BCUT2D eigenvalue weighted by Crippen LogP contribution is -2.47. The summed E-state index contributed by atoms with van der Waals surface area (Å²) in [6.07, 6.45) is 6.06. The van der Waals surface area contributed by atoms with Crippen LogP contribution in [0.15, 0.2) is 42.7 Å². The second-order valence-corrected chi connectivity index (χ2v) is 9.11. The number of fused-ring (bicyclic) bond motifs is 3. The second-order valence-electron chi connectivity index (χ2n) is 9.11. The first-order valence-electron chi connectivity index (χ1n) is 11.6. The number of carbonyl (C=O) groups excluding carboxylic acids is 2. The van der Waals surface area contributed by atoms with Crippen molar-refractivity contribution in [2.24, 2.45) is 5.92 Å². The topological polar surface area (TPSA) is 110 Å². The number of pyridine rings is 1. The number of aliphatic hydroxyl groups is 1. The van der Waals surface area contributed by atoms with Crippen molar-refractivity contribution < 1.29 is 24.2 Å². The van der Waals surface area contributed by atoms with Crippen molar-refractivity contribution in [1.29, 1.82) is 0 Å². The van der Waals surface area contributed by atoms with Crippen LogP contribution in [0.5, 0.6) is 5.75 Å². The summed E-state index contributed by atoms with van der Waals surface area (Å²) in [5.41, 5.74) is 2.73. The van der Waals surface area contributed by atoms with Crippen LogP contribution in [0.1, 0.15) is 49.1 Å². The number of nitrogens with one attached hydrogen (secondary N) is 2. The van der Waals surface area contributed by atoms with E-state index in [2.05, 4.69) is 15.6 Å². The molecule has 0 bridgehead atoms. The van der Waals surface area contributed by atoms with Gasteiger partial charge in [0.05, 0.1) is 19.1 Å². The molecule has 2 amide bonds. The zero-order valence-electron chi connectivity index (χ0n) is 18.4. The zero-order valence-corrected chi connectivity index (χ0v) is 18.4. The van der Waals surface area contributed by atoms with Crippen LogP contribution in [-0.4, -0.2) is 46.8 Å². The van der Waals surface area contributed by atoms with E-state index < -0.39 is 6.10 Å². The Bertz CT molecular complexity index is 1010. The molecule has 1 aromatic carbocycles. The Hall–Kier alpha value is -2.97. The van der Waals surface area contributed by atoms with Crippen molar-refractivity contribution in [3.63, 3.8) is 0 Å². The molecule has 33 heavy (non-hydrogen) atoms. The number of nitrogens with zero attached hydrogens (tertiary/aromatic N) is 1. The van der Waals surface area contributed by atoms with Crippen LogP contribution in [0.3, 0.4) is 0 Å². The number of anilines is 1. The molecule has 8 nitrogen and oxygen atoms in total. The number of aromatic nitrogens is 1. The molecular formula is C25H29N3O5. The number of aliphatic hydroxyl groups excluding tert-OH is 1. The van der Waals surface area contributed by atoms with Crippen LogP contribution in [0.25, 0.3) is 0 Å². The highest BCUT2D eigenvalue weighted by Gasteiger charge is 2.46. The lowest BCUT2D eigenvalue weighted by Gasteiger charge is -2.37. The molecule has 3 heterocycles. The number of hydrogen-bond acceptors (Lipinski definition) is 6. The van der Waals surface area contributed by atoms with Crippen molar-refractivity contribution in [2.45, 2.75) is 62.9 Å². The van der Waals surface area contributed by atoms with Gasteiger partial charge in [0.25, 0.3) is 0 Å². The predicted octanol–water partition coefficient (Wildman–Crippen LogP) is 2.52. The molecule has 1 aromatic heterocycles. The largest absolute Gasteiger partial charge is 0.487 e. The fraction of sp³-hybridized carbons (Fsp3) is 0.480. The first-order valence-corrected chi connectivity index (χ1v) is 11.6. The van der Waals surface area contributed by atoms with Crippen LogP contribution in [0.2, 0.25) is 0 Å². The van der Waals surface area contributed by atoms with Gasteiger partial charge in [-0.15, -0.1) is 0 Å². The number of carbonyl (C=O) groups is 2. The molecule has 2 fully saturated rings. The molecule has 0 unspecified atom stereocenters. The Morgan fingerprint density at radius 2 is 1.97 bits per heavy atom. The number of ether oxygens (including phenoxy) is 2.